The number of aliphatic imine (C=N–C) groups is 1. The van der Waals surface area contributed by atoms with Crippen LogP contribution in [-0.4, -0.2) is 62.3 Å². The predicted octanol–water partition coefficient (Wildman–Crippen LogP) is 1.54. The third-order valence-corrected chi connectivity index (χ3v) is 5.36. The van der Waals surface area contributed by atoms with Crippen LogP contribution in [0.2, 0.25) is 0 Å². The normalized spacial score (nSPS) is 19.3. The Morgan fingerprint density at radius 2 is 2.26 bits per heavy atom. The van der Waals surface area contributed by atoms with Crippen LogP contribution in [-0.2, 0) is 11.3 Å². The zero-order valence-corrected chi connectivity index (χ0v) is 15.5. The van der Waals surface area contributed by atoms with Gasteiger partial charge in [-0.3, -0.25) is 9.89 Å². The second kappa shape index (κ2) is 9.20. The van der Waals surface area contributed by atoms with Crippen LogP contribution in [0.5, 0.6) is 0 Å². The summed E-state index contributed by atoms with van der Waals surface area (Å²) in [5, 5.41) is 7.90. The fraction of sp³-hybridized carbons (Fsp3) is 0.750. The van der Waals surface area contributed by atoms with Gasteiger partial charge in [-0.2, -0.15) is 0 Å². The minimum atomic E-state index is 0.563. The highest BCUT2D eigenvalue weighted by atomic mass is 32.1. The van der Waals surface area contributed by atoms with E-state index < -0.39 is 0 Å². The van der Waals surface area contributed by atoms with Crippen LogP contribution in [0.3, 0.4) is 0 Å². The molecule has 0 spiro atoms. The van der Waals surface area contributed by atoms with Gasteiger partial charge in [0, 0.05) is 38.2 Å². The van der Waals surface area contributed by atoms with Gasteiger partial charge < -0.3 is 15.4 Å². The van der Waals surface area contributed by atoms with E-state index in [-0.39, 0.29) is 0 Å². The molecular weight excluding hydrogens is 310 g/mol. The molecule has 23 heavy (non-hydrogen) atoms. The van der Waals surface area contributed by atoms with Crippen LogP contribution >= 0.6 is 11.3 Å². The van der Waals surface area contributed by atoms with Crippen molar-refractivity contribution in [3.05, 3.63) is 15.6 Å². The molecule has 1 fully saturated rings. The SMILES string of the molecule is CN=C(NCc1nc(C)c(C)s1)NCC1CCCN1CCOC. The van der Waals surface area contributed by atoms with Crippen molar-refractivity contribution < 1.29 is 4.74 Å². The summed E-state index contributed by atoms with van der Waals surface area (Å²) in [7, 11) is 3.57. The number of aryl methyl sites for hydroxylation is 2. The maximum atomic E-state index is 5.19. The Bertz CT molecular complexity index is 497. The van der Waals surface area contributed by atoms with Crippen LogP contribution in [0.4, 0.5) is 0 Å². The molecule has 2 N–H and O–H groups in total. The van der Waals surface area contributed by atoms with Gasteiger partial charge in [0.25, 0.3) is 0 Å². The fourth-order valence-electron chi connectivity index (χ4n) is 2.84. The Morgan fingerprint density at radius 3 is 2.91 bits per heavy atom. The van der Waals surface area contributed by atoms with Crippen LogP contribution in [0.15, 0.2) is 4.99 Å². The summed E-state index contributed by atoms with van der Waals surface area (Å²) in [6.07, 6.45) is 2.50. The summed E-state index contributed by atoms with van der Waals surface area (Å²) in [6.45, 7) is 8.77. The number of aromatic nitrogens is 1. The van der Waals surface area contributed by atoms with Gasteiger partial charge in [0.15, 0.2) is 5.96 Å². The average molecular weight is 340 g/mol. The van der Waals surface area contributed by atoms with Gasteiger partial charge in [-0.1, -0.05) is 0 Å². The maximum absolute atomic E-state index is 5.19. The molecule has 0 bridgehead atoms. The Hall–Kier alpha value is -1.18. The topological polar surface area (TPSA) is 61.8 Å². The molecule has 1 atom stereocenters. The molecule has 1 unspecified atom stereocenters. The van der Waals surface area contributed by atoms with Gasteiger partial charge in [0.05, 0.1) is 18.8 Å². The van der Waals surface area contributed by atoms with Gasteiger partial charge in [0.2, 0.25) is 0 Å². The van der Waals surface area contributed by atoms with Crippen molar-refractivity contribution in [1.82, 2.24) is 20.5 Å². The quantitative estimate of drug-likeness (QED) is 0.583. The van der Waals surface area contributed by atoms with Crippen LogP contribution in [0.1, 0.15) is 28.4 Å². The number of nitrogens with one attached hydrogen (secondary N) is 2. The first-order valence-electron chi connectivity index (χ1n) is 8.24. The Balaban J connectivity index is 1.76. The minimum absolute atomic E-state index is 0.563. The highest BCUT2D eigenvalue weighted by molar-refractivity contribution is 7.11. The van der Waals surface area contributed by atoms with Crippen molar-refractivity contribution >= 4 is 17.3 Å². The molecule has 6 nitrogen and oxygen atoms in total. The standard InChI is InChI=1S/C16H29N5OS/c1-12-13(2)23-15(20-12)11-19-16(17-3)18-10-14-6-5-7-21(14)8-9-22-4/h14H,5-11H2,1-4H3,(H2,17,18,19). The van der Waals surface area contributed by atoms with Crippen molar-refractivity contribution in [2.45, 2.75) is 39.3 Å². The second-order valence-corrected chi connectivity index (χ2v) is 7.17. The number of thiazole rings is 1. The number of rotatable bonds is 7. The summed E-state index contributed by atoms with van der Waals surface area (Å²) in [5.41, 5.74) is 1.12. The lowest BCUT2D eigenvalue weighted by atomic mass is 10.2. The van der Waals surface area contributed by atoms with Crippen molar-refractivity contribution in [2.75, 3.05) is 40.4 Å². The number of methoxy groups -OCH3 is 1. The molecule has 2 heterocycles. The summed E-state index contributed by atoms with van der Waals surface area (Å²) in [4.78, 5) is 12.6. The number of hydrogen-bond donors (Lipinski definition) is 2. The molecule has 1 aromatic rings. The third kappa shape index (κ3) is 5.44. The van der Waals surface area contributed by atoms with Crippen molar-refractivity contribution in [2.24, 2.45) is 4.99 Å². The maximum Gasteiger partial charge on any atom is 0.191 e. The number of likely N-dealkylation sites (tertiary alicyclic amines) is 1. The van der Waals surface area contributed by atoms with E-state index in [9.17, 15) is 0 Å². The van der Waals surface area contributed by atoms with Gasteiger partial charge in [-0.05, 0) is 33.2 Å². The third-order valence-electron chi connectivity index (χ3n) is 4.29. The fourth-order valence-corrected chi connectivity index (χ4v) is 3.71. The van der Waals surface area contributed by atoms with Crippen LogP contribution < -0.4 is 10.6 Å². The number of ether oxygens (including phenoxy) is 1. The summed E-state index contributed by atoms with van der Waals surface area (Å²) in [6, 6.07) is 0.563. The Morgan fingerprint density at radius 1 is 1.43 bits per heavy atom. The molecule has 0 aromatic carbocycles. The van der Waals surface area contributed by atoms with Crippen molar-refractivity contribution in [3.63, 3.8) is 0 Å². The largest absolute Gasteiger partial charge is 0.383 e. The summed E-state index contributed by atoms with van der Waals surface area (Å²) in [5.74, 6) is 0.842. The van der Waals surface area contributed by atoms with E-state index in [1.807, 2.05) is 7.05 Å². The predicted molar refractivity (Wildman–Crippen MR) is 96.3 cm³/mol. The molecule has 0 radical (unpaired) electrons. The highest BCUT2D eigenvalue weighted by Gasteiger charge is 2.23. The molecule has 2 rings (SSSR count). The molecule has 0 aliphatic carbocycles. The zero-order chi connectivity index (χ0) is 16.7. The van der Waals surface area contributed by atoms with E-state index >= 15 is 0 Å². The number of nitrogens with zero attached hydrogens (tertiary/aromatic N) is 3. The van der Waals surface area contributed by atoms with Gasteiger partial charge >= 0.3 is 0 Å². The first-order valence-corrected chi connectivity index (χ1v) is 9.06. The first kappa shape index (κ1) is 18.2. The van der Waals surface area contributed by atoms with Crippen molar-refractivity contribution in [3.8, 4) is 0 Å². The number of hydrogen-bond acceptors (Lipinski definition) is 5. The molecule has 0 amide bonds. The van der Waals surface area contributed by atoms with E-state index in [1.54, 1.807) is 18.4 Å². The lowest BCUT2D eigenvalue weighted by Crippen LogP contribution is -2.45. The van der Waals surface area contributed by atoms with Crippen LogP contribution in [0, 0.1) is 13.8 Å². The zero-order valence-electron chi connectivity index (χ0n) is 14.7. The molecule has 1 aliphatic heterocycles. The molecule has 130 valence electrons. The monoisotopic (exact) mass is 339 g/mol. The molecule has 1 aliphatic rings. The van der Waals surface area contributed by atoms with Crippen molar-refractivity contribution in [1.29, 1.82) is 0 Å². The number of guanidine groups is 1. The molecule has 7 heteroatoms. The lowest BCUT2D eigenvalue weighted by Gasteiger charge is -2.25. The van der Waals surface area contributed by atoms with E-state index in [2.05, 4.69) is 39.4 Å². The van der Waals surface area contributed by atoms with E-state index in [0.717, 1.165) is 42.9 Å². The Labute approximate surface area is 143 Å². The molecule has 1 saturated heterocycles. The van der Waals surface area contributed by atoms with Gasteiger partial charge in [0.1, 0.15) is 5.01 Å². The molecule has 0 saturated carbocycles. The first-order chi connectivity index (χ1) is 11.1. The smallest absolute Gasteiger partial charge is 0.191 e. The highest BCUT2D eigenvalue weighted by Crippen LogP contribution is 2.17. The van der Waals surface area contributed by atoms with E-state index in [4.69, 9.17) is 4.74 Å². The summed E-state index contributed by atoms with van der Waals surface area (Å²) >= 11 is 1.74. The van der Waals surface area contributed by atoms with Gasteiger partial charge in [-0.15, -0.1) is 11.3 Å². The van der Waals surface area contributed by atoms with Crippen LogP contribution in [0.25, 0.3) is 0 Å². The second-order valence-electron chi connectivity index (χ2n) is 5.88. The van der Waals surface area contributed by atoms with Gasteiger partial charge in [-0.25, -0.2) is 4.98 Å². The average Bonchev–Trinajstić information content (AvgIpc) is 3.12. The summed E-state index contributed by atoms with van der Waals surface area (Å²) < 4.78 is 5.19. The van der Waals surface area contributed by atoms with E-state index in [1.165, 1.54) is 24.3 Å². The van der Waals surface area contributed by atoms with E-state index in [0.29, 0.717) is 6.04 Å². The molecule has 1 aromatic heterocycles. The lowest BCUT2D eigenvalue weighted by molar-refractivity contribution is 0.141. The Kier molecular flexibility index (Phi) is 7.26. The molecular formula is C16H29N5OS. The minimum Gasteiger partial charge on any atom is -0.383 e.